The molecule has 4 aliphatic rings. The molecule has 1 amide bonds. The lowest BCUT2D eigenvalue weighted by Crippen LogP contribution is -2.64. The highest BCUT2D eigenvalue weighted by Crippen LogP contribution is 2.39. The third kappa shape index (κ3) is 13.0. The molecule has 15 atom stereocenters. The van der Waals surface area contributed by atoms with Gasteiger partial charge in [0.1, 0.15) is 35.9 Å². The maximum atomic E-state index is 14.5. The van der Waals surface area contributed by atoms with Crippen molar-refractivity contribution < 1.29 is 68.0 Å². The van der Waals surface area contributed by atoms with E-state index in [9.17, 15) is 39.6 Å². The fraction of sp³-hybridized carbons (Fsp3) is 0.725. The predicted molar refractivity (Wildman–Crippen MR) is 245 cm³/mol. The lowest BCUT2D eigenvalue weighted by molar-refractivity contribution is -0.302. The average Bonchev–Trinajstić information content (AvgIpc) is 3.30. The van der Waals surface area contributed by atoms with E-state index in [1.807, 2.05) is 32.9 Å². The van der Waals surface area contributed by atoms with Crippen molar-refractivity contribution in [2.45, 2.75) is 173 Å². The van der Waals surface area contributed by atoms with Crippen LogP contribution in [0.25, 0.3) is 0 Å². The Morgan fingerprint density at radius 1 is 0.939 bits per heavy atom. The maximum absolute atomic E-state index is 14.5. The molecular formula is C51H77NO14. The molecular weight excluding hydrogens is 851 g/mol. The number of benzene rings is 1. The summed E-state index contributed by atoms with van der Waals surface area (Å²) in [6.07, 6.45) is 1.50. The van der Waals surface area contributed by atoms with E-state index in [4.69, 9.17) is 28.4 Å². The largest absolute Gasteiger partial charge is 0.497 e. The number of nitrogens with zero attached hydrogens (tertiary/aromatic N) is 1. The first-order valence-corrected chi connectivity index (χ1v) is 24.0. The molecule has 66 heavy (non-hydrogen) atoms. The normalized spacial score (nSPS) is 37.5. The lowest BCUT2D eigenvalue weighted by Gasteiger charge is -2.47. The van der Waals surface area contributed by atoms with Crippen LogP contribution in [0.3, 0.4) is 0 Å². The summed E-state index contributed by atoms with van der Waals surface area (Å²) >= 11 is 0. The number of hydrogen-bond acceptors (Lipinski definition) is 14. The monoisotopic (exact) mass is 928 g/mol. The van der Waals surface area contributed by atoms with Crippen molar-refractivity contribution in [3.63, 3.8) is 0 Å². The average molecular weight is 928 g/mol. The standard InChI is InChI=1S/C51H77NO14/c1-10-35-21-29(2)20-30(3)22-44(62-8)47-45(63-9)24-32(5)51(60,66-47)48(57)49(58)52-19-12-11-16-38(52)50(59)65-46(33(6)39(53)27-40(35)54)31(4)23-34-17-18-43(41(55)25-34)64-28-42(56)36-14-13-15-37(26-36)61-7/h13-15,21,23,26,30,32-35,38-39,41-47,53,55-56,60H,10-12,16-20,22,24-25,27-28H2,1-9H3/b29-21+,31-23?. The predicted octanol–water partition coefficient (Wildman–Crippen LogP) is 5.59. The summed E-state index contributed by atoms with van der Waals surface area (Å²) in [4.78, 5) is 58.2. The van der Waals surface area contributed by atoms with Gasteiger partial charge >= 0.3 is 5.97 Å². The number of esters is 1. The molecule has 0 spiro atoms. The second-order valence-electron chi connectivity index (χ2n) is 19.5. The van der Waals surface area contributed by atoms with Crippen molar-refractivity contribution in [3.05, 3.63) is 53.1 Å². The van der Waals surface area contributed by atoms with E-state index in [0.717, 1.165) is 5.57 Å². The molecule has 0 radical (unpaired) electrons. The van der Waals surface area contributed by atoms with Gasteiger partial charge in [0.2, 0.25) is 5.79 Å². The summed E-state index contributed by atoms with van der Waals surface area (Å²) in [6, 6.07) is 5.90. The second-order valence-corrected chi connectivity index (χ2v) is 19.5. The van der Waals surface area contributed by atoms with Crippen LogP contribution in [0.5, 0.6) is 5.75 Å². The molecule has 0 aromatic heterocycles. The van der Waals surface area contributed by atoms with Gasteiger partial charge in [-0.15, -0.1) is 0 Å². The maximum Gasteiger partial charge on any atom is 0.329 e. The third-order valence-electron chi connectivity index (χ3n) is 14.5. The van der Waals surface area contributed by atoms with Gasteiger partial charge in [0.15, 0.2) is 0 Å². The van der Waals surface area contributed by atoms with E-state index in [1.165, 1.54) is 19.1 Å². The number of rotatable bonds is 10. The first kappa shape index (κ1) is 53.4. The number of allylic oxidation sites excluding steroid dienone is 3. The Hall–Kier alpha value is -3.54. The zero-order valence-electron chi connectivity index (χ0n) is 40.6. The van der Waals surface area contributed by atoms with Crippen LogP contribution in [0.15, 0.2) is 47.6 Å². The Labute approximate surface area is 391 Å². The number of aliphatic hydroxyl groups is 4. The molecule has 2 bridgehead atoms. The molecule has 1 aliphatic carbocycles. The number of methoxy groups -OCH3 is 3. The van der Waals surface area contributed by atoms with Gasteiger partial charge < -0.3 is 53.7 Å². The number of ketones is 2. The molecule has 15 heteroatoms. The molecule has 370 valence electrons. The van der Waals surface area contributed by atoms with E-state index in [1.54, 1.807) is 52.1 Å². The highest BCUT2D eigenvalue weighted by atomic mass is 16.7. The van der Waals surface area contributed by atoms with E-state index in [0.29, 0.717) is 68.3 Å². The van der Waals surface area contributed by atoms with Crippen LogP contribution in [-0.4, -0.2) is 138 Å². The minimum absolute atomic E-state index is 0.0125. The van der Waals surface area contributed by atoms with Crippen LogP contribution in [0.2, 0.25) is 0 Å². The van der Waals surface area contributed by atoms with Crippen LogP contribution in [0.1, 0.15) is 124 Å². The van der Waals surface area contributed by atoms with Crippen LogP contribution in [-0.2, 0) is 42.9 Å². The minimum atomic E-state index is -2.53. The number of hydrogen-bond donors (Lipinski definition) is 4. The molecule has 3 aliphatic heterocycles. The van der Waals surface area contributed by atoms with Crippen molar-refractivity contribution in [3.8, 4) is 5.75 Å². The number of carbonyl (C=O) groups excluding carboxylic acids is 4. The van der Waals surface area contributed by atoms with Crippen molar-refractivity contribution in [2.75, 3.05) is 34.5 Å². The van der Waals surface area contributed by atoms with Gasteiger partial charge in [0, 0.05) is 44.9 Å². The smallest absolute Gasteiger partial charge is 0.329 e. The highest BCUT2D eigenvalue weighted by molar-refractivity contribution is 6.39. The molecule has 1 aromatic carbocycles. The molecule has 5 rings (SSSR count). The van der Waals surface area contributed by atoms with Gasteiger partial charge in [-0.1, -0.05) is 57.6 Å². The Morgan fingerprint density at radius 3 is 2.32 bits per heavy atom. The van der Waals surface area contributed by atoms with Crippen LogP contribution < -0.4 is 4.74 Å². The summed E-state index contributed by atoms with van der Waals surface area (Å²) in [6.45, 7) is 11.1. The van der Waals surface area contributed by atoms with Gasteiger partial charge in [-0.2, -0.15) is 0 Å². The van der Waals surface area contributed by atoms with Gasteiger partial charge in [0.05, 0.1) is 44.2 Å². The highest BCUT2D eigenvalue weighted by Gasteiger charge is 2.56. The first-order valence-electron chi connectivity index (χ1n) is 24.0. The summed E-state index contributed by atoms with van der Waals surface area (Å²) in [5.41, 5.74) is 2.20. The molecule has 1 aromatic rings. The van der Waals surface area contributed by atoms with E-state index < -0.39 is 96.1 Å². The molecule has 1 saturated carbocycles. The summed E-state index contributed by atoms with van der Waals surface area (Å²) in [5, 5.41) is 45.9. The van der Waals surface area contributed by atoms with Crippen LogP contribution >= 0.6 is 0 Å². The molecule has 3 fully saturated rings. The molecule has 4 N–H and O–H groups in total. The molecule has 15 unspecified atom stereocenters. The van der Waals surface area contributed by atoms with Crippen molar-refractivity contribution in [1.82, 2.24) is 4.90 Å². The van der Waals surface area contributed by atoms with Crippen molar-refractivity contribution in [1.29, 1.82) is 0 Å². The minimum Gasteiger partial charge on any atom is -0.497 e. The van der Waals surface area contributed by atoms with Gasteiger partial charge in [-0.3, -0.25) is 14.4 Å². The number of fused-ring (bicyclic) bond motifs is 3. The van der Waals surface area contributed by atoms with Gasteiger partial charge in [0.25, 0.3) is 11.7 Å². The Kier molecular flexibility index (Phi) is 19.5. The number of Topliss-reactive ketones (excluding diaryl/α,β-unsaturated/α-hetero) is 2. The summed E-state index contributed by atoms with van der Waals surface area (Å²) in [5.74, 6) is -7.35. The molecule has 2 saturated heterocycles. The van der Waals surface area contributed by atoms with Crippen LogP contribution in [0.4, 0.5) is 0 Å². The Morgan fingerprint density at radius 2 is 1.65 bits per heavy atom. The van der Waals surface area contributed by atoms with Gasteiger partial charge in [-0.25, -0.2) is 4.79 Å². The van der Waals surface area contributed by atoms with E-state index in [2.05, 4.69) is 0 Å². The Bertz CT molecular complexity index is 1870. The number of ether oxygens (including phenoxy) is 6. The summed E-state index contributed by atoms with van der Waals surface area (Å²) in [7, 11) is 4.60. The summed E-state index contributed by atoms with van der Waals surface area (Å²) < 4.78 is 35.6. The quantitative estimate of drug-likeness (QED) is 0.128. The fourth-order valence-electron chi connectivity index (χ4n) is 10.5. The molecule has 3 heterocycles. The molecule has 15 nitrogen and oxygen atoms in total. The first-order chi connectivity index (χ1) is 31.3. The number of aliphatic hydroxyl groups excluding tert-OH is 3. The number of carbonyl (C=O) groups is 4. The lowest BCUT2D eigenvalue weighted by atomic mass is 9.81. The number of cyclic esters (lactones) is 1. The third-order valence-corrected chi connectivity index (χ3v) is 14.5. The SMILES string of the molecule is CCC1/C=C(\C)CC(C)CC(OC)C2OC(O)(C(=O)C(=O)N3CCCCC3C(=O)OC(C(C)=CC3CCC(OCC(O)c4cccc(OC)c4)C(O)C3)C(C)C(O)CC1=O)C(C)CC2OC. The van der Waals surface area contributed by atoms with Crippen molar-refractivity contribution >= 4 is 23.4 Å². The second kappa shape index (κ2) is 24.1. The zero-order valence-corrected chi connectivity index (χ0v) is 40.6. The van der Waals surface area contributed by atoms with Crippen LogP contribution in [0, 0.1) is 29.6 Å². The van der Waals surface area contributed by atoms with Gasteiger partial charge in [-0.05, 0) is 113 Å². The fourth-order valence-corrected chi connectivity index (χ4v) is 10.5. The van der Waals surface area contributed by atoms with E-state index in [-0.39, 0.29) is 50.0 Å². The number of amides is 1. The Balaban J connectivity index is 1.43. The zero-order chi connectivity index (χ0) is 48.5. The van der Waals surface area contributed by atoms with E-state index >= 15 is 0 Å². The van der Waals surface area contributed by atoms with Crippen molar-refractivity contribution in [2.24, 2.45) is 29.6 Å². The number of piperidine rings is 1. The topological polar surface area (TPSA) is 208 Å².